The summed E-state index contributed by atoms with van der Waals surface area (Å²) >= 11 is 1.09. The number of hydrogen-bond acceptors (Lipinski definition) is 6. The summed E-state index contributed by atoms with van der Waals surface area (Å²) in [5.74, 6) is -0.507. The van der Waals surface area contributed by atoms with Crippen LogP contribution in [0.4, 0.5) is 5.69 Å². The topological polar surface area (TPSA) is 97.8 Å². The van der Waals surface area contributed by atoms with E-state index in [0.29, 0.717) is 17.2 Å². The van der Waals surface area contributed by atoms with Crippen LogP contribution in [-0.2, 0) is 4.79 Å². The molecule has 1 aliphatic rings. The van der Waals surface area contributed by atoms with Crippen LogP contribution in [-0.4, -0.2) is 35.6 Å². The molecule has 120 valence electrons. The number of methoxy groups -OCH3 is 2. The summed E-state index contributed by atoms with van der Waals surface area (Å²) in [6.45, 7) is 0. The van der Waals surface area contributed by atoms with E-state index >= 15 is 0 Å². The Morgan fingerprint density at radius 1 is 1.35 bits per heavy atom. The van der Waals surface area contributed by atoms with Gasteiger partial charge in [0.15, 0.2) is 17.2 Å². The van der Waals surface area contributed by atoms with Gasteiger partial charge in [-0.3, -0.25) is 4.79 Å². The van der Waals surface area contributed by atoms with Gasteiger partial charge in [0.05, 0.1) is 24.8 Å². The minimum Gasteiger partial charge on any atom is -0.493 e. The Morgan fingerprint density at radius 3 is 2.74 bits per heavy atom. The molecule has 3 rings (SSSR count). The fraction of sp³-hybridized carbons (Fsp3) is 0.267. The van der Waals surface area contributed by atoms with Gasteiger partial charge in [0.25, 0.3) is 0 Å². The number of carboxylic acids is 1. The molecule has 2 aromatic rings. The van der Waals surface area contributed by atoms with Crippen LogP contribution in [0.1, 0.15) is 33.3 Å². The number of benzene rings is 1. The van der Waals surface area contributed by atoms with Gasteiger partial charge in [-0.2, -0.15) is 4.37 Å². The molecule has 1 atom stereocenters. The number of carbonyl (C=O) groups excluding carboxylic acids is 1. The first kappa shape index (κ1) is 15.3. The highest BCUT2D eigenvalue weighted by molar-refractivity contribution is 7.06. The molecule has 0 fully saturated rings. The Bertz CT molecular complexity index is 786. The number of aromatic carboxylic acids is 1. The van der Waals surface area contributed by atoms with Crippen molar-refractivity contribution in [3.05, 3.63) is 34.3 Å². The number of anilines is 1. The molecule has 0 aliphatic carbocycles. The Balaban J connectivity index is 2.08. The van der Waals surface area contributed by atoms with Gasteiger partial charge >= 0.3 is 5.97 Å². The second-order valence-corrected chi connectivity index (χ2v) is 5.80. The second-order valence-electron chi connectivity index (χ2n) is 4.99. The minimum atomic E-state index is -1.16. The van der Waals surface area contributed by atoms with Crippen molar-refractivity contribution in [2.75, 3.05) is 19.5 Å². The monoisotopic (exact) mass is 334 g/mol. The number of rotatable bonds is 4. The first-order chi connectivity index (χ1) is 11.0. The lowest BCUT2D eigenvalue weighted by Gasteiger charge is -2.23. The first-order valence-corrected chi connectivity index (χ1v) is 7.57. The molecule has 0 unspecified atom stereocenters. The third-order valence-electron chi connectivity index (χ3n) is 3.70. The number of nitrogens with zero attached hydrogens (tertiary/aromatic N) is 1. The highest BCUT2D eigenvalue weighted by Crippen LogP contribution is 2.43. The standard InChI is InChI=1S/C15H14N2O5S/c1-21-9-4-3-7(5-10(9)22-2)8-6-11(18)16-12-13(15(19)20)17-23-14(8)12/h3-5,8H,6H2,1-2H3,(H,16,18)(H,19,20)/t8-/m0/s1. The summed E-state index contributed by atoms with van der Waals surface area (Å²) in [7, 11) is 3.09. The van der Waals surface area contributed by atoms with Crippen molar-refractivity contribution >= 4 is 29.1 Å². The van der Waals surface area contributed by atoms with Crippen molar-refractivity contribution in [1.29, 1.82) is 0 Å². The van der Waals surface area contributed by atoms with Gasteiger partial charge in [0, 0.05) is 12.3 Å². The Labute approximate surface area is 136 Å². The summed E-state index contributed by atoms with van der Waals surface area (Å²) in [6, 6.07) is 5.40. The Morgan fingerprint density at radius 2 is 2.09 bits per heavy atom. The molecular formula is C15H14N2O5S. The molecule has 1 amide bonds. The molecule has 0 bridgehead atoms. The summed E-state index contributed by atoms with van der Waals surface area (Å²) in [6.07, 6.45) is 0.226. The quantitative estimate of drug-likeness (QED) is 0.890. The Kier molecular flexibility index (Phi) is 3.91. The molecule has 1 aromatic heterocycles. The largest absolute Gasteiger partial charge is 0.493 e. The first-order valence-electron chi connectivity index (χ1n) is 6.79. The van der Waals surface area contributed by atoms with Crippen LogP contribution < -0.4 is 14.8 Å². The fourth-order valence-corrected chi connectivity index (χ4v) is 3.56. The molecule has 0 spiro atoms. The maximum absolute atomic E-state index is 12.0. The molecule has 2 N–H and O–H groups in total. The summed E-state index contributed by atoms with van der Waals surface area (Å²) in [5.41, 5.74) is 1.02. The number of carboxylic acid groups (broad SMARTS) is 1. The van der Waals surface area contributed by atoms with Gasteiger partial charge in [-0.25, -0.2) is 4.79 Å². The van der Waals surface area contributed by atoms with Crippen LogP contribution in [0.15, 0.2) is 18.2 Å². The van der Waals surface area contributed by atoms with Crippen molar-refractivity contribution in [2.24, 2.45) is 0 Å². The van der Waals surface area contributed by atoms with Crippen molar-refractivity contribution < 1.29 is 24.2 Å². The van der Waals surface area contributed by atoms with Crippen LogP contribution in [0, 0.1) is 0 Å². The van der Waals surface area contributed by atoms with Crippen LogP contribution in [0.3, 0.4) is 0 Å². The van der Waals surface area contributed by atoms with E-state index in [9.17, 15) is 14.7 Å². The van der Waals surface area contributed by atoms with E-state index in [4.69, 9.17) is 9.47 Å². The average Bonchev–Trinajstić information content (AvgIpc) is 2.97. The number of hydrogen-bond donors (Lipinski definition) is 2. The number of nitrogens with one attached hydrogen (secondary N) is 1. The average molecular weight is 334 g/mol. The van der Waals surface area contributed by atoms with Gasteiger partial charge in [0.1, 0.15) is 0 Å². The zero-order chi connectivity index (χ0) is 16.6. The van der Waals surface area contributed by atoms with E-state index in [0.717, 1.165) is 22.0 Å². The highest BCUT2D eigenvalue weighted by Gasteiger charge is 2.33. The smallest absolute Gasteiger partial charge is 0.357 e. The molecule has 2 heterocycles. The van der Waals surface area contributed by atoms with E-state index in [2.05, 4.69) is 9.69 Å². The molecule has 8 heteroatoms. The molecular weight excluding hydrogens is 320 g/mol. The lowest BCUT2D eigenvalue weighted by molar-refractivity contribution is -0.116. The van der Waals surface area contributed by atoms with Crippen LogP contribution in [0.5, 0.6) is 11.5 Å². The highest BCUT2D eigenvalue weighted by atomic mass is 32.1. The van der Waals surface area contributed by atoms with Crippen molar-refractivity contribution in [3.8, 4) is 11.5 Å². The number of fused-ring (bicyclic) bond motifs is 1. The molecule has 1 aromatic carbocycles. The molecule has 0 saturated carbocycles. The predicted octanol–water partition coefficient (Wildman–Crippen LogP) is 2.33. The van der Waals surface area contributed by atoms with Crippen molar-refractivity contribution in [2.45, 2.75) is 12.3 Å². The van der Waals surface area contributed by atoms with Crippen LogP contribution in [0.2, 0.25) is 0 Å². The van der Waals surface area contributed by atoms with Gasteiger partial charge < -0.3 is 19.9 Å². The zero-order valence-electron chi connectivity index (χ0n) is 12.5. The van der Waals surface area contributed by atoms with Gasteiger partial charge in [-0.05, 0) is 29.2 Å². The normalized spacial score (nSPS) is 16.4. The molecule has 1 aliphatic heterocycles. The van der Waals surface area contributed by atoms with E-state index in [1.807, 2.05) is 6.07 Å². The van der Waals surface area contributed by atoms with Gasteiger partial charge in [0.2, 0.25) is 5.91 Å². The maximum atomic E-state index is 12.0. The van der Waals surface area contributed by atoms with Gasteiger partial charge in [-0.1, -0.05) is 6.07 Å². The van der Waals surface area contributed by atoms with E-state index in [1.165, 1.54) is 7.11 Å². The third kappa shape index (κ3) is 2.61. The SMILES string of the molecule is COc1ccc([C@@H]2CC(=O)Nc3c(C(=O)O)nsc32)cc1OC. The summed E-state index contributed by atoms with van der Waals surface area (Å²) in [5, 5.41) is 11.8. The second kappa shape index (κ2) is 5.88. The minimum absolute atomic E-state index is 0.122. The van der Waals surface area contributed by atoms with Crippen LogP contribution in [0.25, 0.3) is 0 Å². The number of amides is 1. The molecule has 0 radical (unpaired) electrons. The summed E-state index contributed by atoms with van der Waals surface area (Å²) < 4.78 is 14.5. The number of aromatic nitrogens is 1. The number of carbonyl (C=O) groups is 2. The fourth-order valence-electron chi connectivity index (χ4n) is 2.61. The zero-order valence-corrected chi connectivity index (χ0v) is 13.3. The maximum Gasteiger partial charge on any atom is 0.357 e. The summed E-state index contributed by atoms with van der Waals surface area (Å²) in [4.78, 5) is 23.9. The molecule has 23 heavy (non-hydrogen) atoms. The van der Waals surface area contributed by atoms with Crippen molar-refractivity contribution in [1.82, 2.24) is 4.37 Å². The van der Waals surface area contributed by atoms with Crippen molar-refractivity contribution in [3.63, 3.8) is 0 Å². The van der Waals surface area contributed by atoms with E-state index in [-0.39, 0.29) is 23.9 Å². The van der Waals surface area contributed by atoms with Crippen LogP contribution >= 0.6 is 11.5 Å². The Hall–Kier alpha value is -2.61. The van der Waals surface area contributed by atoms with E-state index < -0.39 is 5.97 Å². The van der Waals surface area contributed by atoms with E-state index in [1.54, 1.807) is 19.2 Å². The predicted molar refractivity (Wildman–Crippen MR) is 83.7 cm³/mol. The molecule has 0 saturated heterocycles. The number of ether oxygens (including phenoxy) is 2. The van der Waals surface area contributed by atoms with Gasteiger partial charge in [-0.15, -0.1) is 0 Å². The third-order valence-corrected chi connectivity index (χ3v) is 4.66. The lowest BCUT2D eigenvalue weighted by atomic mass is 9.90. The molecule has 7 nitrogen and oxygen atoms in total. The lowest BCUT2D eigenvalue weighted by Crippen LogP contribution is -2.23.